The molecule has 0 unspecified atom stereocenters. The molecule has 2 aromatic heterocycles. The van der Waals surface area contributed by atoms with Crippen molar-refractivity contribution in [1.29, 1.82) is 0 Å². The number of aryl methyl sites for hydroxylation is 2. The monoisotopic (exact) mass is 1050 g/mol. The Balaban J connectivity index is 0.000000255. The Bertz CT molecular complexity index is 3510. The molecular formula is C57H35BBr2Cl2FN3O2. The molecule has 328 valence electrons. The van der Waals surface area contributed by atoms with Crippen LogP contribution in [0.25, 0.3) is 21.8 Å². The lowest BCUT2D eigenvalue weighted by Gasteiger charge is -2.32. The molecule has 1 aliphatic rings. The third-order valence-corrected chi connectivity index (χ3v) is 10.9. The van der Waals surface area contributed by atoms with Crippen LogP contribution in [0.4, 0.5) is 10.1 Å². The number of benzene rings is 3. The van der Waals surface area contributed by atoms with Gasteiger partial charge in [-0.2, -0.15) is 0 Å². The maximum absolute atomic E-state index is 12.5. The summed E-state index contributed by atoms with van der Waals surface area (Å²) in [6.45, 7) is 13.8. The van der Waals surface area contributed by atoms with Gasteiger partial charge in [0.1, 0.15) is 5.82 Å². The van der Waals surface area contributed by atoms with Crippen LogP contribution < -0.4 is 11.2 Å². The van der Waals surface area contributed by atoms with Gasteiger partial charge < -0.3 is 15.0 Å². The molecule has 0 spiro atoms. The SMILES string of the molecule is C#CC#CC#CC#CC#CC#CC#CC#CC#CC#CC#CC#CC.Cc1ccc2cc(B3OC(C)(C)C(C)(C)O3)c(Cl)cc2n1.Cc1ccc2cc(Br)c(Cl)cc2n1.Nc1ccc(Br)c(F)c1. The quantitative estimate of drug-likeness (QED) is 0.103. The fourth-order valence-corrected chi connectivity index (χ4v) is 5.85. The summed E-state index contributed by atoms with van der Waals surface area (Å²) in [7, 11) is -0.451. The van der Waals surface area contributed by atoms with Gasteiger partial charge in [-0.3, -0.25) is 9.97 Å². The number of hydrogen-bond acceptors (Lipinski definition) is 5. The average molecular weight is 1050 g/mol. The van der Waals surface area contributed by atoms with Crippen LogP contribution in [0.15, 0.2) is 75.7 Å². The third kappa shape index (κ3) is 19.1. The molecule has 3 heterocycles. The molecule has 3 aromatic carbocycles. The van der Waals surface area contributed by atoms with Gasteiger partial charge in [0.2, 0.25) is 0 Å². The molecule has 0 aliphatic carbocycles. The van der Waals surface area contributed by atoms with Gasteiger partial charge in [-0.05, 0) is 229 Å². The molecule has 1 saturated heterocycles. The first-order chi connectivity index (χ1) is 32.5. The molecule has 6 rings (SSSR count). The highest BCUT2D eigenvalue weighted by atomic mass is 79.9. The van der Waals surface area contributed by atoms with Gasteiger partial charge in [-0.1, -0.05) is 47.3 Å². The van der Waals surface area contributed by atoms with Crippen molar-refractivity contribution >= 4 is 95.1 Å². The van der Waals surface area contributed by atoms with E-state index in [0.29, 0.717) is 20.2 Å². The van der Waals surface area contributed by atoms with E-state index in [2.05, 4.69) is 178 Å². The number of nitrogens with two attached hydrogens (primary N) is 1. The van der Waals surface area contributed by atoms with Crippen LogP contribution >= 0.6 is 55.1 Å². The first-order valence-corrected chi connectivity index (χ1v) is 22.0. The van der Waals surface area contributed by atoms with Crippen molar-refractivity contribution in [3.63, 3.8) is 0 Å². The maximum atomic E-state index is 12.5. The van der Waals surface area contributed by atoms with E-state index in [4.69, 9.17) is 44.7 Å². The van der Waals surface area contributed by atoms with Gasteiger partial charge in [0.25, 0.3) is 0 Å². The van der Waals surface area contributed by atoms with Crippen molar-refractivity contribution in [1.82, 2.24) is 9.97 Å². The van der Waals surface area contributed by atoms with Crippen LogP contribution in [-0.2, 0) is 9.31 Å². The summed E-state index contributed by atoms with van der Waals surface area (Å²) in [4.78, 5) is 8.87. The summed E-state index contributed by atoms with van der Waals surface area (Å²) in [6, 6.07) is 20.3. The van der Waals surface area contributed by atoms with E-state index in [-0.39, 0.29) is 17.0 Å². The smallest absolute Gasteiger partial charge is 0.399 e. The van der Waals surface area contributed by atoms with Crippen LogP contribution in [0.1, 0.15) is 46.0 Å². The highest BCUT2D eigenvalue weighted by Gasteiger charge is 2.52. The second-order valence-electron chi connectivity index (χ2n) is 14.2. The minimum absolute atomic E-state index is 0.324. The van der Waals surface area contributed by atoms with Crippen LogP contribution in [0.5, 0.6) is 0 Å². The summed E-state index contributed by atoms with van der Waals surface area (Å²) in [6.07, 6.45) is 4.91. The largest absolute Gasteiger partial charge is 0.496 e. The first-order valence-electron chi connectivity index (χ1n) is 19.7. The number of rotatable bonds is 1. The lowest BCUT2D eigenvalue weighted by molar-refractivity contribution is 0.00578. The van der Waals surface area contributed by atoms with E-state index < -0.39 is 7.12 Å². The Morgan fingerprint density at radius 2 is 0.956 bits per heavy atom. The molecule has 0 radical (unpaired) electrons. The fraction of sp³-hybridized carbons (Fsp3) is 0.158. The molecule has 0 atom stereocenters. The molecule has 0 bridgehead atoms. The molecule has 0 saturated carbocycles. The van der Waals surface area contributed by atoms with Crippen molar-refractivity contribution in [2.75, 3.05) is 5.73 Å². The number of fused-ring (bicyclic) bond motifs is 2. The van der Waals surface area contributed by atoms with Crippen LogP contribution in [0.3, 0.4) is 0 Å². The summed E-state index contributed by atoms with van der Waals surface area (Å²) in [5.74, 6) is 56.6. The van der Waals surface area contributed by atoms with E-state index in [1.807, 2.05) is 90.1 Å². The topological polar surface area (TPSA) is 70.3 Å². The van der Waals surface area contributed by atoms with Crippen molar-refractivity contribution in [2.24, 2.45) is 0 Å². The van der Waals surface area contributed by atoms with Gasteiger partial charge in [-0.15, -0.1) is 6.42 Å². The molecule has 2 N–H and O–H groups in total. The second-order valence-corrected chi connectivity index (χ2v) is 16.7. The fourth-order valence-electron chi connectivity index (χ4n) is 4.84. The summed E-state index contributed by atoms with van der Waals surface area (Å²) >= 11 is 18.7. The molecule has 1 fully saturated rings. The zero-order valence-corrected chi connectivity index (χ0v) is 42.4. The van der Waals surface area contributed by atoms with Crippen molar-refractivity contribution < 1.29 is 13.7 Å². The minimum atomic E-state index is -0.451. The van der Waals surface area contributed by atoms with E-state index >= 15 is 0 Å². The Hall–Kier alpha value is -7.55. The van der Waals surface area contributed by atoms with Crippen LogP contribution in [0, 0.1) is 162 Å². The Morgan fingerprint density at radius 1 is 0.559 bits per heavy atom. The van der Waals surface area contributed by atoms with Crippen LogP contribution in [-0.4, -0.2) is 28.3 Å². The lowest BCUT2D eigenvalue weighted by Crippen LogP contribution is -2.41. The standard InChI is InChI=1S/C25H4.C16H19BClNO2.C10H7BrClN.C6H5BrFN/c1-3-5-7-9-11-13-15-17-19-21-23-25-24-22-20-18-16-14-12-10-8-6-4-2;1-10-6-7-11-8-12(13(18)9-14(11)19-10)17-20-15(2,3)16(4,5)21-17;1-6-2-3-7-4-8(11)9(12)5-10(7)13-6;7-5-2-1-4(9)3-6(5)8/h1H,2H3;6-9H,1-5H3;2-5H,1H3;1-3H,9H2. The number of nitrogens with zero attached hydrogens (tertiary/aromatic N) is 2. The molecular weight excluding hydrogens is 1020 g/mol. The summed E-state index contributed by atoms with van der Waals surface area (Å²) < 4.78 is 26.0. The van der Waals surface area contributed by atoms with E-state index in [1.54, 1.807) is 19.1 Å². The average Bonchev–Trinajstić information content (AvgIpc) is 3.51. The first kappa shape index (κ1) is 54.8. The maximum Gasteiger partial charge on any atom is 0.496 e. The third-order valence-electron chi connectivity index (χ3n) is 8.72. The van der Waals surface area contributed by atoms with E-state index in [0.717, 1.165) is 43.1 Å². The summed E-state index contributed by atoms with van der Waals surface area (Å²) in [5.41, 5.74) is 9.62. The number of terminal acetylenes is 1. The number of anilines is 1. The Morgan fingerprint density at radius 3 is 1.35 bits per heavy atom. The predicted octanol–water partition coefficient (Wildman–Crippen LogP) is 10.3. The second kappa shape index (κ2) is 28.5. The van der Waals surface area contributed by atoms with Gasteiger partial charge in [-0.25, -0.2) is 4.39 Å². The molecule has 11 heteroatoms. The number of halogens is 5. The zero-order chi connectivity index (χ0) is 50.0. The Labute approximate surface area is 426 Å². The molecule has 5 nitrogen and oxygen atoms in total. The molecule has 0 amide bonds. The predicted molar refractivity (Wildman–Crippen MR) is 285 cm³/mol. The number of aromatic nitrogens is 2. The molecule has 5 aromatic rings. The highest BCUT2D eigenvalue weighted by Crippen LogP contribution is 2.37. The van der Waals surface area contributed by atoms with Crippen molar-refractivity contribution in [3.8, 4) is 143 Å². The normalized spacial score (nSPS) is 11.0. The lowest BCUT2D eigenvalue weighted by atomic mass is 9.78. The highest BCUT2D eigenvalue weighted by molar-refractivity contribution is 9.10. The van der Waals surface area contributed by atoms with Gasteiger partial charge in [0, 0.05) is 72.9 Å². The number of hydrogen-bond donors (Lipinski definition) is 1. The van der Waals surface area contributed by atoms with E-state index in [1.165, 1.54) is 6.07 Å². The van der Waals surface area contributed by atoms with Crippen molar-refractivity contribution in [2.45, 2.75) is 59.7 Å². The van der Waals surface area contributed by atoms with Gasteiger partial charge in [0.15, 0.2) is 0 Å². The number of nitrogen functional groups attached to an aromatic ring is 1. The summed E-state index contributed by atoms with van der Waals surface area (Å²) in [5, 5.41) is 3.46. The number of pyridine rings is 2. The zero-order valence-electron chi connectivity index (χ0n) is 37.7. The van der Waals surface area contributed by atoms with Crippen molar-refractivity contribution in [3.05, 3.63) is 103 Å². The van der Waals surface area contributed by atoms with E-state index in [9.17, 15) is 4.39 Å². The van der Waals surface area contributed by atoms with Crippen LogP contribution in [0.2, 0.25) is 10.0 Å². The van der Waals surface area contributed by atoms with Gasteiger partial charge >= 0.3 is 7.12 Å². The minimum Gasteiger partial charge on any atom is -0.399 e. The molecule has 1 aliphatic heterocycles. The Kier molecular flexibility index (Phi) is 22.9. The molecule has 68 heavy (non-hydrogen) atoms. The van der Waals surface area contributed by atoms with Gasteiger partial charge in [0.05, 0.1) is 31.7 Å².